The van der Waals surface area contributed by atoms with Gasteiger partial charge < -0.3 is 19.3 Å². The highest BCUT2D eigenvalue weighted by Gasteiger charge is 2.38. The molecule has 3 heterocycles. The van der Waals surface area contributed by atoms with Gasteiger partial charge in [0.25, 0.3) is 5.91 Å². The van der Waals surface area contributed by atoms with Crippen molar-refractivity contribution in [3.8, 4) is 16.9 Å². The number of carbonyl (C=O) groups is 2. The molecule has 8 nitrogen and oxygen atoms in total. The van der Waals surface area contributed by atoms with Crippen molar-refractivity contribution in [1.29, 1.82) is 0 Å². The summed E-state index contributed by atoms with van der Waals surface area (Å²) in [4.78, 5) is 28.0. The number of amides is 1. The zero-order valence-electron chi connectivity index (χ0n) is 27.9. The maximum Gasteiger partial charge on any atom is 0.335 e. The van der Waals surface area contributed by atoms with Gasteiger partial charge in [-0.1, -0.05) is 48.0 Å². The summed E-state index contributed by atoms with van der Waals surface area (Å²) in [6.07, 6.45) is 1.22. The maximum atomic E-state index is 14.7. The molecule has 0 saturated carbocycles. The zero-order valence-corrected chi connectivity index (χ0v) is 29.5. The van der Waals surface area contributed by atoms with Gasteiger partial charge in [0, 0.05) is 40.0 Å². The molecule has 1 atom stereocenters. The SMILES string of the molecule is C=C1C(C)n2c(c(CCCOc3cc(C)c(Cl)c(C)c3)c3ccc(Cl)c(-c4c(C)nn(C)c4C)c32)C(=O)N1Cc1cccc(C(=O)O)c1. The van der Waals surface area contributed by atoms with Gasteiger partial charge in [0.2, 0.25) is 0 Å². The molecule has 48 heavy (non-hydrogen) atoms. The summed E-state index contributed by atoms with van der Waals surface area (Å²) in [6, 6.07) is 14.1. The quantitative estimate of drug-likeness (QED) is 0.157. The van der Waals surface area contributed by atoms with Gasteiger partial charge in [-0.2, -0.15) is 5.10 Å². The first-order valence-corrected chi connectivity index (χ1v) is 16.6. The Balaban J connectivity index is 1.47. The van der Waals surface area contributed by atoms with Crippen LogP contribution in [0.3, 0.4) is 0 Å². The number of carboxylic acid groups (broad SMARTS) is 1. The van der Waals surface area contributed by atoms with E-state index in [9.17, 15) is 14.7 Å². The summed E-state index contributed by atoms with van der Waals surface area (Å²) >= 11 is 13.4. The smallest absolute Gasteiger partial charge is 0.335 e. The first-order valence-electron chi connectivity index (χ1n) is 15.9. The van der Waals surface area contributed by atoms with Gasteiger partial charge >= 0.3 is 5.97 Å². The Morgan fingerprint density at radius 2 is 1.75 bits per heavy atom. The Morgan fingerprint density at radius 1 is 1.04 bits per heavy atom. The molecule has 0 fully saturated rings. The van der Waals surface area contributed by atoms with Crippen LogP contribution in [0.1, 0.15) is 73.9 Å². The lowest BCUT2D eigenvalue weighted by atomic mass is 9.98. The van der Waals surface area contributed by atoms with Gasteiger partial charge in [0.05, 0.1) is 41.0 Å². The molecule has 1 aliphatic heterocycles. The zero-order chi connectivity index (χ0) is 34.6. The van der Waals surface area contributed by atoms with Crippen molar-refractivity contribution in [3.63, 3.8) is 0 Å². The lowest BCUT2D eigenvalue weighted by molar-refractivity contribution is 0.0696. The highest BCUT2D eigenvalue weighted by atomic mass is 35.5. The summed E-state index contributed by atoms with van der Waals surface area (Å²) in [5, 5.41) is 16.5. The van der Waals surface area contributed by atoms with Crippen LogP contribution in [-0.4, -0.2) is 42.8 Å². The molecule has 1 N–H and O–H groups in total. The third-order valence-electron chi connectivity index (χ3n) is 9.41. The van der Waals surface area contributed by atoms with Crippen LogP contribution in [0.15, 0.2) is 60.8 Å². The summed E-state index contributed by atoms with van der Waals surface area (Å²) in [7, 11) is 1.91. The van der Waals surface area contributed by atoms with E-state index in [-0.39, 0.29) is 24.1 Å². The van der Waals surface area contributed by atoms with Gasteiger partial charge in [-0.15, -0.1) is 0 Å². The molecule has 2 aromatic heterocycles. The monoisotopic (exact) mass is 684 g/mol. The molecule has 248 valence electrons. The van der Waals surface area contributed by atoms with Crippen molar-refractivity contribution in [3.05, 3.63) is 116 Å². The number of carbonyl (C=O) groups excluding carboxylic acids is 1. The van der Waals surface area contributed by atoms with Crippen molar-refractivity contribution in [2.45, 2.75) is 60.0 Å². The van der Waals surface area contributed by atoms with E-state index in [4.69, 9.17) is 27.9 Å². The van der Waals surface area contributed by atoms with Crippen LogP contribution >= 0.6 is 23.2 Å². The minimum atomic E-state index is -1.02. The Hall–Kier alpha value is -4.53. The molecule has 0 aliphatic carbocycles. The van der Waals surface area contributed by atoms with Crippen LogP contribution in [0.5, 0.6) is 5.75 Å². The number of nitrogens with zero attached hydrogens (tertiary/aromatic N) is 4. The Bertz CT molecular complexity index is 2120. The topological polar surface area (TPSA) is 89.6 Å². The van der Waals surface area contributed by atoms with Gasteiger partial charge in [-0.3, -0.25) is 9.48 Å². The molecular weight excluding hydrogens is 647 g/mol. The summed E-state index contributed by atoms with van der Waals surface area (Å²) in [5.74, 6) is -0.463. The predicted octanol–water partition coefficient (Wildman–Crippen LogP) is 9.02. The number of hydrogen-bond acceptors (Lipinski definition) is 4. The van der Waals surface area contributed by atoms with E-state index < -0.39 is 5.97 Å². The summed E-state index contributed by atoms with van der Waals surface area (Å²) < 4.78 is 10.1. The minimum Gasteiger partial charge on any atom is -0.494 e. The highest BCUT2D eigenvalue weighted by Crippen LogP contribution is 2.46. The molecule has 1 aliphatic rings. The first kappa shape index (κ1) is 33.4. The van der Waals surface area contributed by atoms with E-state index in [1.807, 2.05) is 76.7 Å². The molecular formula is C38H38Cl2N4O4. The molecule has 1 amide bonds. The third kappa shape index (κ3) is 5.67. The lowest BCUT2D eigenvalue weighted by Gasteiger charge is -2.36. The number of carboxylic acids is 1. The Kier molecular flexibility index (Phi) is 8.92. The van der Waals surface area contributed by atoms with Crippen LogP contribution in [-0.2, 0) is 20.0 Å². The van der Waals surface area contributed by atoms with Crippen LogP contribution in [0.25, 0.3) is 22.0 Å². The average molecular weight is 686 g/mol. The first-order chi connectivity index (χ1) is 22.8. The van der Waals surface area contributed by atoms with E-state index >= 15 is 0 Å². The van der Waals surface area contributed by atoms with Crippen LogP contribution < -0.4 is 4.74 Å². The van der Waals surface area contributed by atoms with Crippen molar-refractivity contribution in [2.24, 2.45) is 7.05 Å². The molecule has 0 radical (unpaired) electrons. The van der Waals surface area contributed by atoms with Crippen molar-refractivity contribution >= 4 is 46.0 Å². The third-order valence-corrected chi connectivity index (χ3v) is 10.3. The van der Waals surface area contributed by atoms with Gasteiger partial charge in [-0.25, -0.2) is 4.79 Å². The normalized spacial score (nSPS) is 14.6. The molecule has 5 aromatic rings. The maximum absolute atomic E-state index is 14.7. The fraction of sp³-hybridized carbons (Fsp3) is 0.289. The van der Waals surface area contributed by atoms with E-state index in [0.29, 0.717) is 41.4 Å². The summed E-state index contributed by atoms with van der Waals surface area (Å²) in [6.45, 7) is 14.9. The molecule has 0 bridgehead atoms. The predicted molar refractivity (Wildman–Crippen MR) is 190 cm³/mol. The number of aromatic nitrogens is 3. The van der Waals surface area contributed by atoms with E-state index in [0.717, 1.165) is 60.9 Å². The highest BCUT2D eigenvalue weighted by molar-refractivity contribution is 6.35. The fourth-order valence-electron chi connectivity index (χ4n) is 6.91. The molecule has 0 spiro atoms. The number of ether oxygens (including phenoxy) is 1. The molecule has 1 unspecified atom stereocenters. The number of allylic oxidation sites excluding steroid dienone is 1. The number of aryl methyl sites for hydroxylation is 5. The van der Waals surface area contributed by atoms with Gasteiger partial charge in [-0.05, 0) is 100 Å². The van der Waals surface area contributed by atoms with Crippen LogP contribution in [0, 0.1) is 27.7 Å². The molecule has 3 aromatic carbocycles. The largest absolute Gasteiger partial charge is 0.494 e. The van der Waals surface area contributed by atoms with Crippen LogP contribution in [0.4, 0.5) is 0 Å². The van der Waals surface area contributed by atoms with E-state index in [2.05, 4.69) is 16.2 Å². The number of rotatable bonds is 9. The fourth-order valence-corrected chi connectivity index (χ4v) is 7.27. The lowest BCUT2D eigenvalue weighted by Crippen LogP contribution is -2.40. The van der Waals surface area contributed by atoms with E-state index in [1.165, 1.54) is 0 Å². The number of aromatic carboxylic acids is 1. The Morgan fingerprint density at radius 3 is 2.40 bits per heavy atom. The molecule has 10 heteroatoms. The minimum absolute atomic E-state index is 0.165. The van der Waals surface area contributed by atoms with Crippen LogP contribution in [0.2, 0.25) is 10.0 Å². The number of benzene rings is 3. The average Bonchev–Trinajstić information content (AvgIpc) is 3.51. The van der Waals surface area contributed by atoms with Gasteiger partial charge in [0.15, 0.2) is 0 Å². The second kappa shape index (κ2) is 12.8. The molecule has 6 rings (SSSR count). The number of halogens is 2. The second-order valence-electron chi connectivity index (χ2n) is 12.6. The molecule has 0 saturated heterocycles. The number of hydrogen-bond donors (Lipinski definition) is 1. The van der Waals surface area contributed by atoms with Gasteiger partial charge in [0.1, 0.15) is 11.4 Å². The number of fused-ring (bicyclic) bond motifs is 3. The Labute approximate surface area is 290 Å². The standard InChI is InChI=1S/C38H38Cl2N4O4/c1-20-16-28(17-21(2)34(20)40)48-15-9-12-29-30-13-14-31(39)33(32-22(3)41-42(7)25(32)6)35(30)44-24(5)23(4)43(37(45)36(29)44)19-26-10-8-11-27(18-26)38(46)47/h8,10-11,13-14,16-18,24H,4,9,12,15,19H2,1-3,5-7H3,(H,46,47). The summed E-state index contributed by atoms with van der Waals surface area (Å²) in [5.41, 5.74) is 9.32. The van der Waals surface area contributed by atoms with Crippen molar-refractivity contribution in [2.75, 3.05) is 6.61 Å². The second-order valence-corrected chi connectivity index (χ2v) is 13.4. The van der Waals surface area contributed by atoms with Crippen molar-refractivity contribution in [1.82, 2.24) is 19.2 Å². The van der Waals surface area contributed by atoms with E-state index in [1.54, 1.807) is 23.1 Å². The van der Waals surface area contributed by atoms with Crippen molar-refractivity contribution < 1.29 is 19.4 Å².